The van der Waals surface area contributed by atoms with E-state index in [2.05, 4.69) is 5.32 Å². The van der Waals surface area contributed by atoms with Crippen LogP contribution in [0.15, 0.2) is 76.6 Å². The number of benzene rings is 3. The number of halogens is 8. The number of alkyl halides is 6. The number of carbonyl (C=O) groups excluding carboxylic acids is 3. The van der Waals surface area contributed by atoms with Gasteiger partial charge in [-0.25, -0.2) is 4.90 Å². The zero-order chi connectivity index (χ0) is 34.0. The van der Waals surface area contributed by atoms with Crippen LogP contribution in [0.2, 0.25) is 10.0 Å². The molecule has 1 fully saturated rings. The van der Waals surface area contributed by atoms with Crippen molar-refractivity contribution in [2.75, 3.05) is 10.2 Å². The molecule has 2 unspecified atom stereocenters. The number of amides is 3. The van der Waals surface area contributed by atoms with Crippen molar-refractivity contribution in [1.82, 2.24) is 4.57 Å². The van der Waals surface area contributed by atoms with E-state index in [0.717, 1.165) is 41.0 Å². The van der Waals surface area contributed by atoms with Gasteiger partial charge in [-0.1, -0.05) is 82.7 Å². The van der Waals surface area contributed by atoms with Gasteiger partial charge in [0.2, 0.25) is 17.7 Å². The summed E-state index contributed by atoms with van der Waals surface area (Å²) in [7, 11) is 0. The lowest BCUT2D eigenvalue weighted by Crippen LogP contribution is -2.33. The molecule has 4 aromatic rings. The summed E-state index contributed by atoms with van der Waals surface area (Å²) in [4.78, 5) is 54.2. The van der Waals surface area contributed by atoms with Crippen LogP contribution in [0.3, 0.4) is 0 Å². The molecule has 3 aromatic carbocycles. The molecular weight excluding hydrogens is 715 g/mol. The molecule has 0 radical (unpaired) electrons. The van der Waals surface area contributed by atoms with Gasteiger partial charge in [-0.3, -0.25) is 23.7 Å². The number of carbonyl (C=O) groups is 3. The van der Waals surface area contributed by atoms with Crippen molar-refractivity contribution in [3.05, 3.63) is 108 Å². The van der Waals surface area contributed by atoms with E-state index in [1.807, 2.05) is 0 Å². The SMILES string of the molecule is O=C(Cn1c2c(sc1=O)[C@H](c1cccc(Cl)c1Cl)C1C(=O)N(c3ccccc3C(F)(F)F)C(=O)C1S2)Nc1ccccc1C(F)(F)F. The average molecular weight is 733 g/mol. The number of para-hydroxylation sites is 2. The minimum atomic E-state index is -4.91. The number of nitrogens with one attached hydrogen (secondary N) is 1. The van der Waals surface area contributed by atoms with Gasteiger partial charge in [0, 0.05) is 10.8 Å². The van der Waals surface area contributed by atoms with E-state index in [4.69, 9.17) is 23.2 Å². The monoisotopic (exact) mass is 731 g/mol. The number of fused-ring (bicyclic) bond motifs is 2. The molecule has 3 amide bonds. The fourth-order valence-electron chi connectivity index (χ4n) is 5.67. The minimum Gasteiger partial charge on any atom is -0.324 e. The van der Waals surface area contributed by atoms with Gasteiger partial charge in [0.15, 0.2) is 0 Å². The molecule has 17 heteroatoms. The van der Waals surface area contributed by atoms with E-state index in [0.29, 0.717) is 28.0 Å². The highest BCUT2D eigenvalue weighted by Crippen LogP contribution is 2.56. The fraction of sp³-hybridized carbons (Fsp3) is 0.200. The van der Waals surface area contributed by atoms with Crippen LogP contribution in [-0.2, 0) is 33.3 Å². The first-order chi connectivity index (χ1) is 22.1. The lowest BCUT2D eigenvalue weighted by molar-refractivity contribution is -0.138. The summed E-state index contributed by atoms with van der Waals surface area (Å²) < 4.78 is 83.4. The Labute approximate surface area is 279 Å². The first kappa shape index (κ1) is 33.1. The van der Waals surface area contributed by atoms with Gasteiger partial charge < -0.3 is 5.32 Å². The molecule has 1 saturated heterocycles. The second-order valence-corrected chi connectivity index (χ2v) is 13.3. The first-order valence-corrected chi connectivity index (χ1v) is 15.9. The van der Waals surface area contributed by atoms with Crippen molar-refractivity contribution < 1.29 is 40.7 Å². The van der Waals surface area contributed by atoms with Crippen LogP contribution in [0.25, 0.3) is 0 Å². The van der Waals surface area contributed by atoms with E-state index in [1.165, 1.54) is 30.3 Å². The van der Waals surface area contributed by atoms with Gasteiger partial charge in [0.05, 0.1) is 43.5 Å². The normalized spacial score (nSPS) is 19.5. The highest BCUT2D eigenvalue weighted by atomic mass is 35.5. The Bertz CT molecular complexity index is 2010. The summed E-state index contributed by atoms with van der Waals surface area (Å²) in [6.45, 7) is -0.778. The van der Waals surface area contributed by atoms with Crippen LogP contribution in [-0.4, -0.2) is 27.5 Å². The second kappa shape index (κ2) is 12.0. The Hall–Kier alpha value is -3.79. The molecule has 6 rings (SSSR count). The second-order valence-electron chi connectivity index (χ2n) is 10.4. The fourth-order valence-corrected chi connectivity index (χ4v) is 8.86. The largest absolute Gasteiger partial charge is 0.418 e. The Morgan fingerprint density at radius 3 is 2.15 bits per heavy atom. The molecule has 1 aromatic heterocycles. The smallest absolute Gasteiger partial charge is 0.324 e. The Balaban J connectivity index is 1.45. The predicted molar refractivity (Wildman–Crippen MR) is 164 cm³/mol. The average Bonchev–Trinajstić information content (AvgIpc) is 3.44. The third kappa shape index (κ3) is 5.83. The van der Waals surface area contributed by atoms with Gasteiger partial charge in [0.1, 0.15) is 11.8 Å². The van der Waals surface area contributed by atoms with Crippen LogP contribution in [0.4, 0.5) is 37.7 Å². The van der Waals surface area contributed by atoms with E-state index >= 15 is 0 Å². The van der Waals surface area contributed by atoms with Crippen molar-refractivity contribution >= 4 is 75.4 Å². The quantitative estimate of drug-likeness (QED) is 0.168. The Kier molecular flexibility index (Phi) is 8.47. The molecule has 2 aliphatic rings. The van der Waals surface area contributed by atoms with Crippen LogP contribution in [0, 0.1) is 5.92 Å². The lowest BCUT2D eigenvalue weighted by atomic mass is 9.83. The number of hydrogen-bond donors (Lipinski definition) is 1. The number of thiazole rings is 1. The third-order valence-corrected chi connectivity index (χ3v) is 11.1. The summed E-state index contributed by atoms with van der Waals surface area (Å²) in [6.07, 6.45) is -9.70. The molecule has 0 saturated carbocycles. The van der Waals surface area contributed by atoms with Gasteiger partial charge in [-0.05, 0) is 35.9 Å². The van der Waals surface area contributed by atoms with Gasteiger partial charge in [-0.15, -0.1) is 0 Å². The summed E-state index contributed by atoms with van der Waals surface area (Å²) in [5.74, 6) is -5.46. The molecule has 0 spiro atoms. The van der Waals surface area contributed by atoms with Crippen LogP contribution in [0.5, 0.6) is 0 Å². The van der Waals surface area contributed by atoms with Crippen molar-refractivity contribution in [3.63, 3.8) is 0 Å². The molecule has 2 aliphatic heterocycles. The molecule has 1 N–H and O–H groups in total. The number of nitrogens with zero attached hydrogens (tertiary/aromatic N) is 2. The number of thioether (sulfide) groups is 1. The van der Waals surface area contributed by atoms with Gasteiger partial charge in [0.25, 0.3) is 0 Å². The lowest BCUT2D eigenvalue weighted by Gasteiger charge is -2.31. The molecule has 3 heterocycles. The zero-order valence-corrected chi connectivity index (χ0v) is 26.3. The van der Waals surface area contributed by atoms with Crippen molar-refractivity contribution in [1.29, 1.82) is 0 Å². The van der Waals surface area contributed by atoms with Crippen molar-refractivity contribution in [2.24, 2.45) is 5.92 Å². The summed E-state index contributed by atoms with van der Waals surface area (Å²) in [5.41, 5.74) is -3.35. The number of rotatable bonds is 5. The Morgan fingerprint density at radius 2 is 1.47 bits per heavy atom. The standard InChI is InChI=1S/C30H17Cl2F6N3O4S2/c31-16-9-5-6-13(22(16)32)20-21-23(26(44)41(25(21)43)18-11-4-2-8-15(18)30(36,37)38)46-27-24(20)47-28(45)40(27)12-19(42)39-17-10-3-1-7-14(17)29(33,34)35/h1-11,20-21,23H,12H2,(H,39,42)/t20-,21?,23?/m1/s1. The van der Waals surface area contributed by atoms with Crippen LogP contribution in [0.1, 0.15) is 27.5 Å². The maximum Gasteiger partial charge on any atom is 0.418 e. The van der Waals surface area contributed by atoms with Gasteiger partial charge in [-0.2, -0.15) is 26.3 Å². The van der Waals surface area contributed by atoms with Crippen molar-refractivity contribution in [3.8, 4) is 0 Å². The maximum atomic E-state index is 14.0. The molecule has 244 valence electrons. The summed E-state index contributed by atoms with van der Waals surface area (Å²) >= 11 is 14.1. The van der Waals surface area contributed by atoms with Crippen LogP contribution >= 0.6 is 46.3 Å². The zero-order valence-electron chi connectivity index (χ0n) is 23.2. The van der Waals surface area contributed by atoms with Gasteiger partial charge >= 0.3 is 17.2 Å². The van der Waals surface area contributed by atoms with E-state index < -0.39 is 81.1 Å². The number of anilines is 2. The number of aromatic nitrogens is 1. The molecule has 47 heavy (non-hydrogen) atoms. The molecule has 7 nitrogen and oxygen atoms in total. The first-order valence-electron chi connectivity index (χ1n) is 13.4. The maximum absolute atomic E-state index is 14.0. The molecule has 0 aliphatic carbocycles. The van der Waals surface area contributed by atoms with Crippen LogP contribution < -0.4 is 15.1 Å². The van der Waals surface area contributed by atoms with E-state index in [-0.39, 0.29) is 25.5 Å². The third-order valence-electron chi connectivity index (χ3n) is 7.62. The van der Waals surface area contributed by atoms with E-state index in [1.54, 1.807) is 0 Å². The molecular formula is C30H17Cl2F6N3O4S2. The predicted octanol–water partition coefficient (Wildman–Crippen LogP) is 7.69. The van der Waals surface area contributed by atoms with Crippen molar-refractivity contribution in [2.45, 2.75) is 35.1 Å². The summed E-state index contributed by atoms with van der Waals surface area (Å²) in [5, 5.41) is 0.861. The topological polar surface area (TPSA) is 88.5 Å². The molecule has 3 atom stereocenters. The summed E-state index contributed by atoms with van der Waals surface area (Å²) in [6, 6.07) is 12.8. The molecule has 0 bridgehead atoms. The Morgan fingerprint density at radius 1 is 0.830 bits per heavy atom. The number of imide groups is 1. The van der Waals surface area contributed by atoms with E-state index in [9.17, 15) is 45.5 Å². The number of hydrogen-bond acceptors (Lipinski definition) is 6. The highest BCUT2D eigenvalue weighted by Gasteiger charge is 2.58. The highest BCUT2D eigenvalue weighted by molar-refractivity contribution is 8.00. The minimum absolute atomic E-state index is 0.0287.